The molecule has 7 nitrogen and oxygen atoms in total. The molecule has 20 heavy (non-hydrogen) atoms. The second-order valence-electron chi connectivity index (χ2n) is 5.09. The van der Waals surface area contributed by atoms with Crippen molar-refractivity contribution in [3.8, 4) is 0 Å². The van der Waals surface area contributed by atoms with Gasteiger partial charge in [0.2, 0.25) is 5.91 Å². The van der Waals surface area contributed by atoms with Gasteiger partial charge in [0.25, 0.3) is 0 Å². The van der Waals surface area contributed by atoms with E-state index in [4.69, 9.17) is 10.8 Å². The molecule has 1 saturated carbocycles. The molecular weight excluding hydrogens is 262 g/mol. The first-order valence-corrected chi connectivity index (χ1v) is 7.04. The van der Waals surface area contributed by atoms with Crippen LogP contribution in [0.3, 0.4) is 0 Å². The van der Waals surface area contributed by atoms with Crippen LogP contribution in [0, 0.1) is 0 Å². The molecule has 0 aromatic carbocycles. The summed E-state index contributed by atoms with van der Waals surface area (Å²) in [4.78, 5) is 35.7. The van der Waals surface area contributed by atoms with Crippen molar-refractivity contribution in [3.63, 3.8) is 0 Å². The summed E-state index contributed by atoms with van der Waals surface area (Å²) in [7, 11) is 0. The van der Waals surface area contributed by atoms with Gasteiger partial charge in [-0.1, -0.05) is 19.3 Å². The second-order valence-corrected chi connectivity index (χ2v) is 5.09. The Morgan fingerprint density at radius 2 is 1.90 bits per heavy atom. The van der Waals surface area contributed by atoms with Crippen molar-refractivity contribution < 1.29 is 19.5 Å². The average molecular weight is 285 g/mol. The van der Waals surface area contributed by atoms with Crippen LogP contribution >= 0.6 is 0 Å². The summed E-state index contributed by atoms with van der Waals surface area (Å²) in [5.74, 6) is -2.00. The number of carbonyl (C=O) groups is 3. The molecule has 1 atom stereocenters. The molecule has 0 unspecified atom stereocenters. The topological polar surface area (TPSA) is 113 Å². The minimum absolute atomic E-state index is 0.150. The van der Waals surface area contributed by atoms with Crippen LogP contribution in [0.1, 0.15) is 45.4 Å². The fourth-order valence-corrected chi connectivity index (χ4v) is 2.59. The van der Waals surface area contributed by atoms with E-state index < -0.39 is 30.4 Å². The van der Waals surface area contributed by atoms with Crippen LogP contribution in [0.25, 0.3) is 0 Å². The predicted molar refractivity (Wildman–Crippen MR) is 73.0 cm³/mol. The molecule has 1 aliphatic carbocycles. The van der Waals surface area contributed by atoms with Crippen LogP contribution in [0.4, 0.5) is 4.79 Å². The van der Waals surface area contributed by atoms with E-state index in [0.717, 1.165) is 25.7 Å². The monoisotopic (exact) mass is 285 g/mol. The van der Waals surface area contributed by atoms with Crippen molar-refractivity contribution in [3.05, 3.63) is 0 Å². The maximum Gasteiger partial charge on any atom is 0.326 e. The number of hydrogen-bond donors (Lipinski definition) is 3. The minimum Gasteiger partial charge on any atom is -0.480 e. The summed E-state index contributed by atoms with van der Waals surface area (Å²) < 4.78 is 0. The second kappa shape index (κ2) is 7.72. The van der Waals surface area contributed by atoms with Crippen LogP contribution in [0.15, 0.2) is 0 Å². The van der Waals surface area contributed by atoms with Gasteiger partial charge in [-0.05, 0) is 19.8 Å². The van der Waals surface area contributed by atoms with Crippen molar-refractivity contribution in [2.75, 3.05) is 6.54 Å². The number of urea groups is 1. The van der Waals surface area contributed by atoms with Gasteiger partial charge in [-0.2, -0.15) is 0 Å². The van der Waals surface area contributed by atoms with Crippen LogP contribution in [-0.4, -0.2) is 46.5 Å². The number of carboxylic acid groups (broad SMARTS) is 1. The normalized spacial score (nSPS) is 17.2. The third-order valence-corrected chi connectivity index (χ3v) is 3.62. The molecule has 1 aliphatic rings. The zero-order chi connectivity index (χ0) is 15.1. The van der Waals surface area contributed by atoms with Crippen molar-refractivity contribution in [2.45, 2.75) is 57.5 Å². The molecule has 1 fully saturated rings. The zero-order valence-corrected chi connectivity index (χ0v) is 11.8. The first-order chi connectivity index (χ1) is 9.45. The first kappa shape index (κ1) is 16.3. The third-order valence-electron chi connectivity index (χ3n) is 3.62. The van der Waals surface area contributed by atoms with E-state index in [-0.39, 0.29) is 6.04 Å². The number of carboxylic acids is 1. The largest absolute Gasteiger partial charge is 0.480 e. The highest BCUT2D eigenvalue weighted by atomic mass is 16.4. The lowest BCUT2D eigenvalue weighted by Gasteiger charge is -2.34. The van der Waals surface area contributed by atoms with Gasteiger partial charge in [-0.3, -0.25) is 4.79 Å². The van der Waals surface area contributed by atoms with Crippen LogP contribution in [-0.2, 0) is 9.59 Å². The van der Waals surface area contributed by atoms with Crippen LogP contribution < -0.4 is 11.1 Å². The highest BCUT2D eigenvalue weighted by Gasteiger charge is 2.28. The molecule has 0 aliphatic heterocycles. The Labute approximate surface area is 118 Å². The molecular formula is C13H23N3O4. The Morgan fingerprint density at radius 1 is 1.30 bits per heavy atom. The van der Waals surface area contributed by atoms with Crippen molar-refractivity contribution in [2.24, 2.45) is 5.73 Å². The maximum absolute atomic E-state index is 12.2. The average Bonchev–Trinajstić information content (AvgIpc) is 2.39. The van der Waals surface area contributed by atoms with Crippen molar-refractivity contribution >= 4 is 17.9 Å². The predicted octanol–water partition coefficient (Wildman–Crippen LogP) is 0.679. The Kier molecular flexibility index (Phi) is 6.27. The SMILES string of the molecule is CCN(C(=O)N[C@H](CC(N)=O)C(=O)O)C1CCCCC1. The van der Waals surface area contributed by atoms with Gasteiger partial charge in [0.1, 0.15) is 6.04 Å². The van der Waals surface area contributed by atoms with Gasteiger partial charge in [0.15, 0.2) is 0 Å². The summed E-state index contributed by atoms with van der Waals surface area (Å²) in [6.07, 6.45) is 4.82. The van der Waals surface area contributed by atoms with Gasteiger partial charge >= 0.3 is 12.0 Å². The lowest BCUT2D eigenvalue weighted by atomic mass is 9.94. The quantitative estimate of drug-likeness (QED) is 0.666. The van der Waals surface area contributed by atoms with E-state index in [1.54, 1.807) is 4.90 Å². The van der Waals surface area contributed by atoms with Gasteiger partial charge < -0.3 is 21.1 Å². The Bertz CT molecular complexity index is 367. The highest BCUT2D eigenvalue weighted by molar-refractivity contribution is 5.87. The molecule has 0 aromatic rings. The molecule has 7 heteroatoms. The molecule has 0 bridgehead atoms. The van der Waals surface area contributed by atoms with E-state index in [1.807, 2.05) is 6.92 Å². The molecule has 0 aromatic heterocycles. The Hall–Kier alpha value is -1.79. The number of primary amides is 1. The number of hydrogen-bond acceptors (Lipinski definition) is 3. The summed E-state index contributed by atoms with van der Waals surface area (Å²) in [5.41, 5.74) is 4.99. The maximum atomic E-state index is 12.2. The summed E-state index contributed by atoms with van der Waals surface area (Å²) in [6.45, 7) is 2.37. The summed E-state index contributed by atoms with van der Waals surface area (Å²) in [5, 5.41) is 11.4. The van der Waals surface area contributed by atoms with E-state index in [9.17, 15) is 14.4 Å². The molecule has 0 heterocycles. The van der Waals surface area contributed by atoms with E-state index in [2.05, 4.69) is 5.32 Å². The number of aliphatic carboxylic acids is 1. The van der Waals surface area contributed by atoms with Crippen LogP contribution in [0.5, 0.6) is 0 Å². The molecule has 1 rings (SSSR count). The molecule has 0 radical (unpaired) electrons. The third kappa shape index (κ3) is 4.71. The zero-order valence-electron chi connectivity index (χ0n) is 11.8. The van der Waals surface area contributed by atoms with E-state index in [1.165, 1.54) is 6.42 Å². The molecule has 4 N–H and O–H groups in total. The summed E-state index contributed by atoms with van der Waals surface area (Å²) in [6, 6.07) is -1.55. The number of nitrogens with two attached hydrogens (primary N) is 1. The fraction of sp³-hybridized carbons (Fsp3) is 0.769. The summed E-state index contributed by atoms with van der Waals surface area (Å²) >= 11 is 0. The van der Waals surface area contributed by atoms with Gasteiger partial charge in [-0.15, -0.1) is 0 Å². The number of nitrogens with one attached hydrogen (secondary N) is 1. The standard InChI is InChI=1S/C13H23N3O4/c1-2-16(9-6-4-3-5-7-9)13(20)15-10(12(18)19)8-11(14)17/h9-10H,2-8H2,1H3,(H2,14,17)(H,15,20)(H,18,19)/t10-/m1/s1. The smallest absolute Gasteiger partial charge is 0.326 e. The molecule has 0 saturated heterocycles. The molecule has 0 spiro atoms. The molecule has 114 valence electrons. The van der Waals surface area contributed by atoms with E-state index in [0.29, 0.717) is 6.54 Å². The Balaban J connectivity index is 2.64. The van der Waals surface area contributed by atoms with Gasteiger partial charge in [-0.25, -0.2) is 9.59 Å². The Morgan fingerprint density at radius 3 is 2.35 bits per heavy atom. The van der Waals surface area contributed by atoms with Crippen LogP contribution in [0.2, 0.25) is 0 Å². The van der Waals surface area contributed by atoms with Crippen molar-refractivity contribution in [1.29, 1.82) is 0 Å². The minimum atomic E-state index is -1.27. The number of nitrogens with zero attached hydrogens (tertiary/aromatic N) is 1. The fourth-order valence-electron chi connectivity index (χ4n) is 2.59. The molecule has 3 amide bonds. The lowest BCUT2D eigenvalue weighted by Crippen LogP contribution is -2.52. The number of carbonyl (C=O) groups excluding carboxylic acids is 2. The van der Waals surface area contributed by atoms with Gasteiger partial charge in [0.05, 0.1) is 6.42 Å². The lowest BCUT2D eigenvalue weighted by molar-refractivity contribution is -0.141. The first-order valence-electron chi connectivity index (χ1n) is 7.04. The highest BCUT2D eigenvalue weighted by Crippen LogP contribution is 2.22. The number of rotatable bonds is 6. The van der Waals surface area contributed by atoms with Gasteiger partial charge in [0, 0.05) is 12.6 Å². The van der Waals surface area contributed by atoms with E-state index >= 15 is 0 Å². The number of amides is 3. The van der Waals surface area contributed by atoms with Crippen molar-refractivity contribution in [1.82, 2.24) is 10.2 Å².